The Morgan fingerprint density at radius 3 is 2.70 bits per heavy atom. The van der Waals surface area contributed by atoms with Crippen LogP contribution in [0, 0.1) is 11.8 Å². The molecule has 5 atom stereocenters. The van der Waals surface area contributed by atoms with Crippen LogP contribution in [0.4, 0.5) is 0 Å². The smallest absolute Gasteiger partial charge is 0.119 e. The van der Waals surface area contributed by atoms with E-state index in [0.29, 0.717) is 0 Å². The van der Waals surface area contributed by atoms with Crippen molar-refractivity contribution < 1.29 is 9.84 Å². The molecule has 2 bridgehead atoms. The van der Waals surface area contributed by atoms with Gasteiger partial charge < -0.3 is 9.84 Å². The summed E-state index contributed by atoms with van der Waals surface area (Å²) in [5, 5.41) is 12.6. The van der Waals surface area contributed by atoms with Crippen molar-refractivity contribution in [3.8, 4) is 17.0 Å². The van der Waals surface area contributed by atoms with Crippen molar-refractivity contribution in [2.24, 2.45) is 11.8 Å². The molecule has 3 fully saturated rings. The zero-order valence-corrected chi connectivity index (χ0v) is 17.8. The molecule has 1 aromatic heterocycles. The fraction of sp³-hybridized carbons (Fsp3) is 0.423. The number of piperidine rings is 3. The lowest BCUT2D eigenvalue weighted by Crippen LogP contribution is -2.55. The number of hydrogen-bond acceptors (Lipinski definition) is 4. The predicted octanol–water partition coefficient (Wildman–Crippen LogP) is 5.06. The third-order valence-corrected chi connectivity index (χ3v) is 7.26. The van der Waals surface area contributed by atoms with Crippen LogP contribution in [0.1, 0.15) is 37.9 Å². The third-order valence-electron chi connectivity index (χ3n) is 7.26. The van der Waals surface area contributed by atoms with E-state index < -0.39 is 6.10 Å². The first-order chi connectivity index (χ1) is 14.7. The monoisotopic (exact) mass is 402 g/mol. The number of hydrogen-bond donors (Lipinski definition) is 1. The Morgan fingerprint density at radius 1 is 1.17 bits per heavy atom. The Bertz CT molecular complexity index is 1040. The summed E-state index contributed by atoms with van der Waals surface area (Å²) >= 11 is 0. The fourth-order valence-electron chi connectivity index (χ4n) is 5.54. The molecular weight excluding hydrogens is 372 g/mol. The van der Waals surface area contributed by atoms with Gasteiger partial charge in [0.05, 0.1) is 24.4 Å². The molecule has 0 amide bonds. The molecule has 156 valence electrons. The molecule has 3 aromatic rings. The van der Waals surface area contributed by atoms with Gasteiger partial charge in [0.1, 0.15) is 5.75 Å². The molecule has 0 radical (unpaired) electrons. The van der Waals surface area contributed by atoms with Gasteiger partial charge in [0.15, 0.2) is 0 Å². The number of ether oxygens (including phenoxy) is 1. The van der Waals surface area contributed by atoms with Gasteiger partial charge in [-0.25, -0.2) is 4.98 Å². The Kier molecular flexibility index (Phi) is 5.21. The highest BCUT2D eigenvalue weighted by atomic mass is 16.5. The van der Waals surface area contributed by atoms with E-state index >= 15 is 0 Å². The zero-order chi connectivity index (χ0) is 20.7. The van der Waals surface area contributed by atoms with Crippen LogP contribution >= 0.6 is 0 Å². The molecule has 3 aliphatic heterocycles. The summed E-state index contributed by atoms with van der Waals surface area (Å²) in [4.78, 5) is 7.42. The summed E-state index contributed by atoms with van der Waals surface area (Å²) in [5.74, 6) is 2.30. The maximum Gasteiger partial charge on any atom is 0.119 e. The molecule has 0 spiro atoms. The predicted molar refractivity (Wildman–Crippen MR) is 121 cm³/mol. The Balaban J connectivity index is 1.59. The molecule has 1 N–H and O–H groups in total. The number of methoxy groups -OCH3 is 1. The van der Waals surface area contributed by atoms with E-state index in [1.165, 1.54) is 12.8 Å². The van der Waals surface area contributed by atoms with Crippen LogP contribution in [-0.4, -0.2) is 41.2 Å². The summed E-state index contributed by atoms with van der Waals surface area (Å²) in [6.07, 6.45) is 3.04. The minimum Gasteiger partial charge on any atom is -0.497 e. The van der Waals surface area contributed by atoms with Crippen LogP contribution in [-0.2, 0) is 0 Å². The molecule has 4 unspecified atom stereocenters. The lowest BCUT2D eigenvalue weighted by atomic mass is 9.72. The number of aromatic nitrogens is 1. The van der Waals surface area contributed by atoms with Crippen LogP contribution in [0.25, 0.3) is 22.2 Å². The molecule has 4 heterocycles. The molecule has 2 aromatic carbocycles. The summed E-state index contributed by atoms with van der Waals surface area (Å²) in [7, 11) is 1.68. The van der Waals surface area contributed by atoms with Crippen LogP contribution in [0.3, 0.4) is 0 Å². The molecule has 30 heavy (non-hydrogen) atoms. The molecule has 0 saturated carbocycles. The Morgan fingerprint density at radius 2 is 2.00 bits per heavy atom. The summed E-state index contributed by atoms with van der Waals surface area (Å²) in [6, 6.07) is 18.4. The quantitative estimate of drug-likeness (QED) is 0.648. The number of pyridine rings is 1. The molecular formula is C26H30N2O2. The van der Waals surface area contributed by atoms with Crippen molar-refractivity contribution >= 4 is 10.9 Å². The van der Waals surface area contributed by atoms with E-state index in [1.807, 2.05) is 36.4 Å². The van der Waals surface area contributed by atoms with Crippen molar-refractivity contribution in [1.29, 1.82) is 0 Å². The van der Waals surface area contributed by atoms with Gasteiger partial charge in [0.25, 0.3) is 0 Å². The van der Waals surface area contributed by atoms with Gasteiger partial charge in [0.2, 0.25) is 0 Å². The second-order valence-electron chi connectivity index (χ2n) is 8.81. The SMILES string of the molecule is CCC1CN2CCC1CC2[C@H](O)c1cc(-c2ccccc2)nc2ccc(OC)cc12. The number of benzene rings is 2. The first-order valence-electron chi connectivity index (χ1n) is 11.1. The van der Waals surface area contributed by atoms with Crippen LogP contribution in [0.2, 0.25) is 0 Å². The zero-order valence-electron chi connectivity index (χ0n) is 17.8. The topological polar surface area (TPSA) is 45.6 Å². The Labute approximate surface area is 178 Å². The average molecular weight is 403 g/mol. The van der Waals surface area contributed by atoms with Crippen LogP contribution < -0.4 is 4.74 Å². The number of nitrogens with zero attached hydrogens (tertiary/aromatic N) is 2. The van der Waals surface area contributed by atoms with Crippen LogP contribution in [0.15, 0.2) is 54.6 Å². The molecule has 4 nitrogen and oxygen atoms in total. The molecule has 6 rings (SSSR count). The van der Waals surface area contributed by atoms with Gasteiger partial charge in [-0.15, -0.1) is 0 Å². The number of aliphatic hydroxyl groups excluding tert-OH is 1. The van der Waals surface area contributed by atoms with E-state index in [9.17, 15) is 5.11 Å². The normalized spacial score (nSPS) is 26.6. The van der Waals surface area contributed by atoms with Gasteiger partial charge in [-0.1, -0.05) is 43.7 Å². The van der Waals surface area contributed by atoms with Crippen molar-refractivity contribution in [2.45, 2.75) is 38.3 Å². The van der Waals surface area contributed by atoms with E-state index in [1.54, 1.807) is 7.11 Å². The standard InChI is InChI=1S/C26H30N2O2/c1-3-17-16-28-12-11-19(17)13-25(28)26(29)22-15-24(18-7-5-4-6-8-18)27-23-10-9-20(30-2)14-21(22)23/h4-10,14-15,17,19,25-26,29H,3,11-13,16H2,1-2H3/t17?,19?,25?,26-/m1/s1. The summed E-state index contributed by atoms with van der Waals surface area (Å²) < 4.78 is 5.48. The molecule has 4 heteroatoms. The lowest BCUT2D eigenvalue weighted by molar-refractivity contribution is -0.0562. The van der Waals surface area contributed by atoms with Gasteiger partial charge in [0, 0.05) is 23.5 Å². The van der Waals surface area contributed by atoms with Gasteiger partial charge in [-0.05, 0) is 61.1 Å². The highest BCUT2D eigenvalue weighted by molar-refractivity contribution is 5.87. The third kappa shape index (κ3) is 3.38. The van der Waals surface area contributed by atoms with E-state index in [-0.39, 0.29) is 6.04 Å². The van der Waals surface area contributed by atoms with Crippen molar-refractivity contribution in [3.05, 3.63) is 60.2 Å². The van der Waals surface area contributed by atoms with Crippen molar-refractivity contribution in [1.82, 2.24) is 9.88 Å². The van der Waals surface area contributed by atoms with E-state index in [0.717, 1.165) is 64.8 Å². The maximum absolute atomic E-state index is 11.6. The van der Waals surface area contributed by atoms with E-state index in [2.05, 4.69) is 30.0 Å². The molecule has 0 aliphatic carbocycles. The lowest BCUT2D eigenvalue weighted by Gasteiger charge is -2.51. The van der Waals surface area contributed by atoms with Crippen LogP contribution in [0.5, 0.6) is 5.75 Å². The van der Waals surface area contributed by atoms with Crippen molar-refractivity contribution in [3.63, 3.8) is 0 Å². The first kappa shape index (κ1) is 19.5. The largest absolute Gasteiger partial charge is 0.497 e. The van der Waals surface area contributed by atoms with Gasteiger partial charge in [-0.2, -0.15) is 0 Å². The number of aliphatic hydroxyl groups is 1. The maximum atomic E-state index is 11.6. The average Bonchev–Trinajstić information content (AvgIpc) is 2.83. The number of rotatable bonds is 5. The van der Waals surface area contributed by atoms with E-state index in [4.69, 9.17) is 9.72 Å². The summed E-state index contributed by atoms with van der Waals surface area (Å²) in [5.41, 5.74) is 3.84. The van der Waals surface area contributed by atoms with Crippen molar-refractivity contribution in [2.75, 3.05) is 20.2 Å². The second kappa shape index (κ2) is 8.01. The highest BCUT2D eigenvalue weighted by Crippen LogP contribution is 2.43. The minimum absolute atomic E-state index is 0.173. The summed E-state index contributed by atoms with van der Waals surface area (Å²) in [6.45, 7) is 4.51. The second-order valence-corrected chi connectivity index (χ2v) is 8.81. The first-order valence-corrected chi connectivity index (χ1v) is 11.1. The fourth-order valence-corrected chi connectivity index (χ4v) is 5.54. The highest BCUT2D eigenvalue weighted by Gasteiger charge is 2.42. The molecule has 3 saturated heterocycles. The van der Waals surface area contributed by atoms with Gasteiger partial charge >= 0.3 is 0 Å². The minimum atomic E-state index is -0.536. The van der Waals surface area contributed by atoms with Gasteiger partial charge in [-0.3, -0.25) is 4.90 Å². The number of fused-ring (bicyclic) bond motifs is 4. The Hall–Kier alpha value is -2.43. The molecule has 3 aliphatic rings.